The zero-order chi connectivity index (χ0) is 18.4. The van der Waals surface area contributed by atoms with Crippen molar-refractivity contribution in [1.82, 2.24) is 9.88 Å². The van der Waals surface area contributed by atoms with Crippen LogP contribution in [0, 0.1) is 0 Å². The fourth-order valence-corrected chi connectivity index (χ4v) is 3.44. The van der Waals surface area contributed by atoms with Crippen LogP contribution in [0.2, 0.25) is 0 Å². The quantitative estimate of drug-likeness (QED) is 0.732. The maximum Gasteiger partial charge on any atom is 0.328 e. The molecule has 1 aromatic heterocycles. The van der Waals surface area contributed by atoms with Gasteiger partial charge in [0.2, 0.25) is 5.88 Å². The molecular weight excluding hydrogens is 392 g/mol. The molecule has 2 fully saturated rings. The fourth-order valence-electron chi connectivity index (χ4n) is 3.20. The Bertz CT molecular complexity index is 604. The SMILES string of the molecule is CN1C2CCC1CC(Oc1ccc(Br)cn1)C2.O=C(O)/C=C/C(=O)O. The molecule has 0 saturated carbocycles. The Kier molecular flexibility index (Phi) is 6.95. The second-order valence-corrected chi connectivity index (χ2v) is 7.00. The van der Waals surface area contributed by atoms with Crippen molar-refractivity contribution < 1.29 is 24.5 Å². The van der Waals surface area contributed by atoms with Crippen LogP contribution in [0.15, 0.2) is 35.0 Å². The third-order valence-electron chi connectivity index (χ3n) is 4.41. The van der Waals surface area contributed by atoms with E-state index in [4.69, 9.17) is 14.9 Å². The minimum absolute atomic E-state index is 0.345. The van der Waals surface area contributed by atoms with E-state index in [0.29, 0.717) is 30.3 Å². The Morgan fingerprint density at radius 1 is 1.20 bits per heavy atom. The van der Waals surface area contributed by atoms with E-state index in [1.54, 1.807) is 6.20 Å². The predicted octanol–water partition coefficient (Wildman–Crippen LogP) is 2.56. The van der Waals surface area contributed by atoms with E-state index in [0.717, 1.165) is 23.2 Å². The van der Waals surface area contributed by atoms with Gasteiger partial charge in [-0.15, -0.1) is 0 Å². The summed E-state index contributed by atoms with van der Waals surface area (Å²) in [6.45, 7) is 0. The number of hydrogen-bond donors (Lipinski definition) is 2. The number of hydrogen-bond acceptors (Lipinski definition) is 5. The maximum atomic E-state index is 9.55. The minimum Gasteiger partial charge on any atom is -0.478 e. The molecule has 2 bridgehead atoms. The number of fused-ring (bicyclic) bond motifs is 2. The van der Waals surface area contributed by atoms with Gasteiger partial charge in [-0.3, -0.25) is 0 Å². The number of carbonyl (C=O) groups is 2. The summed E-state index contributed by atoms with van der Waals surface area (Å²) in [5.74, 6) is -1.76. The normalized spacial score (nSPS) is 25.3. The standard InChI is InChI=1S/C13H17BrN2O.C4H4O4/c1-16-10-3-4-11(16)7-12(6-10)17-13-5-2-9(14)8-15-13;5-3(6)1-2-4(7)8/h2,5,8,10-12H,3-4,6-7H2,1H3;1-2H,(H,5,6)(H,7,8)/b;2-1+. The van der Waals surface area contributed by atoms with Crippen molar-refractivity contribution in [1.29, 1.82) is 0 Å². The lowest BCUT2D eigenvalue weighted by Crippen LogP contribution is -2.43. The summed E-state index contributed by atoms with van der Waals surface area (Å²) in [4.78, 5) is 25.9. The van der Waals surface area contributed by atoms with Crippen molar-refractivity contribution in [3.63, 3.8) is 0 Å². The van der Waals surface area contributed by atoms with Gasteiger partial charge in [0.15, 0.2) is 0 Å². The third kappa shape index (κ3) is 6.13. The summed E-state index contributed by atoms with van der Waals surface area (Å²) in [6.07, 6.45) is 8.19. The lowest BCUT2D eigenvalue weighted by atomic mass is 10.0. The molecule has 3 heterocycles. The highest BCUT2D eigenvalue weighted by molar-refractivity contribution is 9.10. The summed E-state index contributed by atoms with van der Waals surface area (Å²) < 4.78 is 6.97. The fraction of sp³-hybridized carbons (Fsp3) is 0.471. The first kappa shape index (κ1) is 19.4. The molecule has 25 heavy (non-hydrogen) atoms. The van der Waals surface area contributed by atoms with Crippen LogP contribution in [-0.4, -0.2) is 57.3 Å². The van der Waals surface area contributed by atoms with Crippen molar-refractivity contribution in [2.24, 2.45) is 0 Å². The van der Waals surface area contributed by atoms with Gasteiger partial charge < -0.3 is 19.8 Å². The van der Waals surface area contributed by atoms with Crippen LogP contribution in [0.5, 0.6) is 5.88 Å². The van der Waals surface area contributed by atoms with E-state index in [1.807, 2.05) is 12.1 Å². The Labute approximate surface area is 154 Å². The van der Waals surface area contributed by atoms with Gasteiger partial charge in [-0.05, 0) is 54.7 Å². The number of ether oxygens (including phenoxy) is 1. The molecule has 2 aliphatic heterocycles. The number of aromatic nitrogens is 1. The molecule has 2 aliphatic rings. The summed E-state index contributed by atoms with van der Waals surface area (Å²) in [5, 5.41) is 15.6. The van der Waals surface area contributed by atoms with E-state index < -0.39 is 11.9 Å². The van der Waals surface area contributed by atoms with Gasteiger partial charge in [0, 0.05) is 41.0 Å². The Balaban J connectivity index is 0.000000242. The Morgan fingerprint density at radius 3 is 2.20 bits per heavy atom. The van der Waals surface area contributed by atoms with Gasteiger partial charge in [0.05, 0.1) is 0 Å². The molecule has 0 spiro atoms. The number of halogens is 1. The summed E-state index contributed by atoms with van der Waals surface area (Å²) in [6, 6.07) is 5.35. The molecule has 2 unspecified atom stereocenters. The molecule has 2 N–H and O–H groups in total. The molecular formula is C17H21BrN2O5. The van der Waals surface area contributed by atoms with Crippen molar-refractivity contribution in [3.8, 4) is 5.88 Å². The number of piperidine rings is 1. The number of pyridine rings is 1. The first-order valence-corrected chi connectivity index (χ1v) is 8.78. The molecule has 0 radical (unpaired) electrons. The van der Waals surface area contributed by atoms with Gasteiger partial charge in [-0.25, -0.2) is 14.6 Å². The number of rotatable bonds is 4. The summed E-state index contributed by atoms with van der Waals surface area (Å²) in [7, 11) is 2.25. The van der Waals surface area contributed by atoms with Crippen molar-refractivity contribution in [2.75, 3.05) is 7.05 Å². The molecule has 8 heteroatoms. The van der Waals surface area contributed by atoms with Gasteiger partial charge in [-0.2, -0.15) is 0 Å². The second-order valence-electron chi connectivity index (χ2n) is 6.09. The smallest absolute Gasteiger partial charge is 0.328 e. The highest BCUT2D eigenvalue weighted by Gasteiger charge is 2.39. The monoisotopic (exact) mass is 412 g/mol. The maximum absolute atomic E-state index is 9.55. The average Bonchev–Trinajstić information content (AvgIpc) is 2.77. The molecule has 2 saturated heterocycles. The number of carboxylic acids is 2. The van der Waals surface area contributed by atoms with E-state index in [2.05, 4.69) is 32.9 Å². The molecule has 1 aromatic rings. The van der Waals surface area contributed by atoms with Crippen LogP contribution in [0.25, 0.3) is 0 Å². The molecule has 0 aromatic carbocycles. The van der Waals surface area contributed by atoms with Crippen molar-refractivity contribution in [3.05, 3.63) is 35.0 Å². The summed E-state index contributed by atoms with van der Waals surface area (Å²) in [5.41, 5.74) is 0. The van der Waals surface area contributed by atoms with Gasteiger partial charge >= 0.3 is 11.9 Å². The van der Waals surface area contributed by atoms with Crippen LogP contribution in [0.4, 0.5) is 0 Å². The lowest BCUT2D eigenvalue weighted by molar-refractivity contribution is -0.134. The van der Waals surface area contributed by atoms with E-state index in [9.17, 15) is 9.59 Å². The zero-order valence-corrected chi connectivity index (χ0v) is 15.4. The van der Waals surface area contributed by atoms with E-state index in [-0.39, 0.29) is 0 Å². The zero-order valence-electron chi connectivity index (χ0n) is 13.8. The van der Waals surface area contributed by atoms with Gasteiger partial charge in [-0.1, -0.05) is 0 Å². The Morgan fingerprint density at radius 2 is 1.76 bits per heavy atom. The predicted molar refractivity (Wildman–Crippen MR) is 94.6 cm³/mol. The first-order chi connectivity index (χ1) is 11.8. The Hall–Kier alpha value is -1.93. The second kappa shape index (κ2) is 8.96. The average molecular weight is 413 g/mol. The van der Waals surface area contributed by atoms with Crippen LogP contribution in [-0.2, 0) is 9.59 Å². The topological polar surface area (TPSA) is 100.0 Å². The van der Waals surface area contributed by atoms with Crippen LogP contribution < -0.4 is 4.74 Å². The molecule has 3 rings (SSSR count). The van der Waals surface area contributed by atoms with Gasteiger partial charge in [0.1, 0.15) is 6.10 Å². The highest BCUT2D eigenvalue weighted by Crippen LogP contribution is 2.35. The molecule has 2 atom stereocenters. The third-order valence-corrected chi connectivity index (χ3v) is 4.88. The van der Waals surface area contributed by atoms with Gasteiger partial charge in [0.25, 0.3) is 0 Å². The van der Waals surface area contributed by atoms with E-state index >= 15 is 0 Å². The van der Waals surface area contributed by atoms with Crippen molar-refractivity contribution >= 4 is 27.9 Å². The van der Waals surface area contributed by atoms with E-state index in [1.165, 1.54) is 12.8 Å². The first-order valence-electron chi connectivity index (χ1n) is 7.99. The molecule has 7 nitrogen and oxygen atoms in total. The van der Waals surface area contributed by atoms with Crippen molar-refractivity contribution in [2.45, 2.75) is 43.9 Å². The molecule has 0 aliphatic carbocycles. The van der Waals surface area contributed by atoms with Crippen LogP contribution >= 0.6 is 15.9 Å². The summed E-state index contributed by atoms with van der Waals surface area (Å²) >= 11 is 3.38. The largest absolute Gasteiger partial charge is 0.478 e. The minimum atomic E-state index is -1.26. The molecule has 136 valence electrons. The highest BCUT2D eigenvalue weighted by atomic mass is 79.9. The molecule has 0 amide bonds. The number of nitrogens with zero attached hydrogens (tertiary/aromatic N) is 2. The number of aliphatic carboxylic acids is 2. The van der Waals surface area contributed by atoms with Crippen LogP contribution in [0.1, 0.15) is 25.7 Å². The number of carboxylic acid groups (broad SMARTS) is 2. The lowest BCUT2D eigenvalue weighted by Gasteiger charge is -2.36. The van der Waals surface area contributed by atoms with Crippen LogP contribution in [0.3, 0.4) is 0 Å².